The largest absolute Gasteiger partial charge is 0.468 e. The second kappa shape index (κ2) is 6.32. The highest BCUT2D eigenvalue weighted by Crippen LogP contribution is 2.06. The monoisotopic (exact) mass is 234 g/mol. The summed E-state index contributed by atoms with van der Waals surface area (Å²) >= 11 is 0. The molecule has 0 aliphatic heterocycles. The second-order valence-corrected chi connectivity index (χ2v) is 3.29. The molecule has 0 aliphatic carbocycles. The number of rotatable bonds is 4. The fraction of sp³-hybridized carbons (Fsp3) is 0.167. The van der Waals surface area contributed by atoms with E-state index in [2.05, 4.69) is 10.1 Å². The van der Waals surface area contributed by atoms with Gasteiger partial charge in [0.1, 0.15) is 6.54 Å². The zero-order chi connectivity index (χ0) is 12.7. The third-order valence-electron chi connectivity index (χ3n) is 2.00. The fourth-order valence-electron chi connectivity index (χ4n) is 1.07. The molecular formula is C12H14N2O3. The van der Waals surface area contributed by atoms with Gasteiger partial charge in [-0.05, 0) is 23.8 Å². The van der Waals surface area contributed by atoms with Crippen molar-refractivity contribution in [3.05, 3.63) is 35.9 Å². The van der Waals surface area contributed by atoms with Crippen molar-refractivity contribution in [1.82, 2.24) is 5.32 Å². The van der Waals surface area contributed by atoms with Gasteiger partial charge >= 0.3 is 5.97 Å². The minimum atomic E-state index is -0.487. The van der Waals surface area contributed by atoms with Crippen LogP contribution in [0.3, 0.4) is 0 Å². The predicted molar refractivity (Wildman–Crippen MR) is 64.9 cm³/mol. The Labute approximate surface area is 99.3 Å². The molecule has 0 unspecified atom stereocenters. The van der Waals surface area contributed by atoms with Crippen molar-refractivity contribution in [3.8, 4) is 0 Å². The molecule has 5 nitrogen and oxygen atoms in total. The van der Waals surface area contributed by atoms with E-state index in [9.17, 15) is 9.59 Å². The number of esters is 1. The van der Waals surface area contributed by atoms with Gasteiger partial charge in [0.2, 0.25) is 5.91 Å². The van der Waals surface area contributed by atoms with Crippen LogP contribution in [0.1, 0.15) is 5.56 Å². The quantitative estimate of drug-likeness (QED) is 0.453. The molecule has 0 saturated heterocycles. The lowest BCUT2D eigenvalue weighted by molar-refractivity contribution is -0.140. The zero-order valence-electron chi connectivity index (χ0n) is 9.47. The highest BCUT2D eigenvalue weighted by molar-refractivity contribution is 5.93. The van der Waals surface area contributed by atoms with E-state index in [1.54, 1.807) is 30.3 Å². The Bertz CT molecular complexity index is 424. The molecule has 0 radical (unpaired) electrons. The lowest BCUT2D eigenvalue weighted by Gasteiger charge is -1.99. The third-order valence-corrected chi connectivity index (χ3v) is 2.00. The highest BCUT2D eigenvalue weighted by Gasteiger charge is 2.01. The van der Waals surface area contributed by atoms with Gasteiger partial charge in [-0.2, -0.15) is 0 Å². The van der Waals surface area contributed by atoms with Crippen LogP contribution in [0.2, 0.25) is 0 Å². The van der Waals surface area contributed by atoms with Crippen LogP contribution < -0.4 is 11.1 Å². The zero-order valence-corrected chi connectivity index (χ0v) is 9.47. The Hall–Kier alpha value is -2.30. The van der Waals surface area contributed by atoms with Crippen molar-refractivity contribution < 1.29 is 14.3 Å². The summed E-state index contributed by atoms with van der Waals surface area (Å²) in [7, 11) is 1.26. The number of ether oxygens (including phenoxy) is 1. The SMILES string of the molecule is COC(=O)CNC(=O)/C=C/c1ccc(N)cc1. The molecule has 90 valence electrons. The molecule has 0 aliphatic rings. The van der Waals surface area contributed by atoms with E-state index in [4.69, 9.17) is 5.73 Å². The molecule has 0 aromatic heterocycles. The predicted octanol–water partition coefficient (Wildman–Crippen LogP) is 0.571. The molecule has 0 heterocycles. The van der Waals surface area contributed by atoms with Crippen LogP contribution in [-0.4, -0.2) is 25.5 Å². The van der Waals surface area contributed by atoms with Crippen LogP contribution in [0.5, 0.6) is 0 Å². The molecule has 1 aromatic rings. The van der Waals surface area contributed by atoms with Crippen LogP contribution in [0.4, 0.5) is 5.69 Å². The molecule has 1 amide bonds. The summed E-state index contributed by atoms with van der Waals surface area (Å²) in [5.41, 5.74) is 7.04. The van der Waals surface area contributed by atoms with Gasteiger partial charge in [0.05, 0.1) is 7.11 Å². The minimum absolute atomic E-state index is 0.137. The van der Waals surface area contributed by atoms with E-state index < -0.39 is 5.97 Å². The van der Waals surface area contributed by atoms with Crippen molar-refractivity contribution in [3.63, 3.8) is 0 Å². The van der Waals surface area contributed by atoms with E-state index in [0.717, 1.165) is 5.56 Å². The average Bonchev–Trinajstić information content (AvgIpc) is 2.35. The van der Waals surface area contributed by atoms with Crippen LogP contribution in [0.25, 0.3) is 6.08 Å². The number of nitrogen functional groups attached to an aromatic ring is 1. The Morgan fingerprint density at radius 2 is 2.00 bits per heavy atom. The number of hydrogen-bond acceptors (Lipinski definition) is 4. The summed E-state index contributed by atoms with van der Waals surface area (Å²) in [6.45, 7) is -0.137. The summed E-state index contributed by atoms with van der Waals surface area (Å²) in [5.74, 6) is -0.841. The van der Waals surface area contributed by atoms with E-state index in [1.165, 1.54) is 13.2 Å². The van der Waals surface area contributed by atoms with E-state index >= 15 is 0 Å². The normalized spacial score (nSPS) is 10.2. The van der Waals surface area contributed by atoms with Gasteiger partial charge in [-0.15, -0.1) is 0 Å². The first-order chi connectivity index (χ1) is 8.11. The van der Waals surface area contributed by atoms with Crippen LogP contribution in [0.15, 0.2) is 30.3 Å². The van der Waals surface area contributed by atoms with Gasteiger partial charge in [0, 0.05) is 11.8 Å². The maximum absolute atomic E-state index is 11.3. The van der Waals surface area contributed by atoms with Crippen molar-refractivity contribution in [2.45, 2.75) is 0 Å². The van der Waals surface area contributed by atoms with Crippen LogP contribution in [-0.2, 0) is 14.3 Å². The van der Waals surface area contributed by atoms with Crippen molar-refractivity contribution >= 4 is 23.6 Å². The molecule has 0 fully saturated rings. The number of amides is 1. The molecule has 1 rings (SSSR count). The topological polar surface area (TPSA) is 81.4 Å². The van der Waals surface area contributed by atoms with E-state index in [0.29, 0.717) is 5.69 Å². The number of carbonyl (C=O) groups is 2. The van der Waals surface area contributed by atoms with Crippen molar-refractivity contribution in [1.29, 1.82) is 0 Å². The Morgan fingerprint density at radius 1 is 1.35 bits per heavy atom. The Balaban J connectivity index is 2.45. The van der Waals surface area contributed by atoms with Gasteiger partial charge in [-0.3, -0.25) is 9.59 Å². The number of anilines is 1. The number of hydrogen-bond donors (Lipinski definition) is 2. The molecule has 0 saturated carbocycles. The van der Waals surface area contributed by atoms with Crippen LogP contribution >= 0.6 is 0 Å². The summed E-state index contributed by atoms with van der Waals surface area (Å²) in [6.07, 6.45) is 2.97. The number of benzene rings is 1. The maximum Gasteiger partial charge on any atom is 0.325 e. The molecule has 17 heavy (non-hydrogen) atoms. The van der Waals surface area contributed by atoms with E-state index in [1.807, 2.05) is 0 Å². The third kappa shape index (κ3) is 4.83. The summed E-state index contributed by atoms with van der Waals surface area (Å²) in [6, 6.07) is 7.07. The summed E-state index contributed by atoms with van der Waals surface area (Å²) < 4.78 is 4.38. The minimum Gasteiger partial charge on any atom is -0.468 e. The first-order valence-electron chi connectivity index (χ1n) is 5.00. The number of carbonyl (C=O) groups excluding carboxylic acids is 2. The fourth-order valence-corrected chi connectivity index (χ4v) is 1.07. The lowest BCUT2D eigenvalue weighted by atomic mass is 10.2. The van der Waals surface area contributed by atoms with Crippen molar-refractivity contribution in [2.24, 2.45) is 0 Å². The van der Waals surface area contributed by atoms with Gasteiger partial charge in [-0.1, -0.05) is 12.1 Å². The average molecular weight is 234 g/mol. The Morgan fingerprint density at radius 3 is 2.59 bits per heavy atom. The molecule has 0 atom stereocenters. The maximum atomic E-state index is 11.3. The number of nitrogens with one attached hydrogen (secondary N) is 1. The summed E-state index contributed by atoms with van der Waals surface area (Å²) in [4.78, 5) is 22.0. The first-order valence-corrected chi connectivity index (χ1v) is 5.00. The van der Waals surface area contributed by atoms with Gasteiger partial charge in [0.15, 0.2) is 0 Å². The van der Waals surface area contributed by atoms with Gasteiger partial charge in [-0.25, -0.2) is 0 Å². The lowest BCUT2D eigenvalue weighted by Crippen LogP contribution is -2.28. The highest BCUT2D eigenvalue weighted by atomic mass is 16.5. The van der Waals surface area contributed by atoms with Gasteiger partial charge < -0.3 is 15.8 Å². The van der Waals surface area contributed by atoms with Crippen molar-refractivity contribution in [2.75, 3.05) is 19.4 Å². The molecular weight excluding hydrogens is 220 g/mol. The molecule has 5 heteroatoms. The number of methoxy groups -OCH3 is 1. The van der Waals surface area contributed by atoms with E-state index in [-0.39, 0.29) is 12.5 Å². The smallest absolute Gasteiger partial charge is 0.325 e. The molecule has 0 bridgehead atoms. The Kier molecular flexibility index (Phi) is 4.75. The van der Waals surface area contributed by atoms with Crippen LogP contribution in [0, 0.1) is 0 Å². The first kappa shape index (κ1) is 12.8. The standard InChI is InChI=1S/C12H14N2O3/c1-17-12(16)8-14-11(15)7-4-9-2-5-10(13)6-3-9/h2-7H,8,13H2,1H3,(H,14,15)/b7-4+. The molecule has 0 spiro atoms. The molecule has 1 aromatic carbocycles. The number of nitrogens with two attached hydrogens (primary N) is 1. The second-order valence-electron chi connectivity index (χ2n) is 3.29. The molecule has 3 N–H and O–H groups in total. The van der Waals surface area contributed by atoms with Gasteiger partial charge in [0.25, 0.3) is 0 Å². The summed E-state index contributed by atoms with van der Waals surface area (Å²) in [5, 5.41) is 2.39.